The lowest BCUT2D eigenvalue weighted by molar-refractivity contribution is 0.390. The Labute approximate surface area is 159 Å². The lowest BCUT2D eigenvalue weighted by atomic mass is 10.0. The summed E-state index contributed by atoms with van der Waals surface area (Å²) in [5.74, 6) is 0.143. The number of hydrogen-bond acceptors (Lipinski definition) is 7. The highest BCUT2D eigenvalue weighted by Crippen LogP contribution is 2.36. The number of thiazole rings is 1. The van der Waals surface area contributed by atoms with Crippen molar-refractivity contribution >= 4 is 51.4 Å². The van der Waals surface area contributed by atoms with E-state index in [1.165, 1.54) is 11.3 Å². The zero-order chi connectivity index (χ0) is 18.3. The van der Waals surface area contributed by atoms with E-state index >= 15 is 0 Å². The van der Waals surface area contributed by atoms with Crippen LogP contribution in [0.5, 0.6) is 5.88 Å². The van der Waals surface area contributed by atoms with E-state index in [1.54, 1.807) is 16.9 Å². The van der Waals surface area contributed by atoms with Gasteiger partial charge in [0, 0.05) is 11.1 Å². The van der Waals surface area contributed by atoms with Crippen molar-refractivity contribution in [1.82, 2.24) is 4.57 Å². The fourth-order valence-electron chi connectivity index (χ4n) is 3.12. The number of rotatable bonds is 3. The molecule has 0 aliphatic carbocycles. The minimum Gasteiger partial charge on any atom is -0.493 e. The Balaban J connectivity index is 1.71. The van der Waals surface area contributed by atoms with E-state index in [4.69, 9.17) is 12.2 Å². The molecule has 9 heteroatoms. The molecule has 1 aromatic carbocycles. The molecule has 4 rings (SSSR count). The molecule has 134 valence electrons. The smallest absolute Gasteiger partial charge is 0.210 e. The highest BCUT2D eigenvalue weighted by molar-refractivity contribution is 7.91. The van der Waals surface area contributed by atoms with Gasteiger partial charge in [-0.2, -0.15) is 5.10 Å². The maximum absolute atomic E-state index is 11.8. The van der Waals surface area contributed by atoms with Gasteiger partial charge >= 0.3 is 0 Å². The van der Waals surface area contributed by atoms with Crippen LogP contribution in [0.4, 0.5) is 0 Å². The molecule has 0 unspecified atom stereocenters. The molecule has 0 spiro atoms. The Morgan fingerprint density at radius 2 is 2.08 bits per heavy atom. The Bertz CT molecular complexity index is 1110. The van der Waals surface area contributed by atoms with Crippen molar-refractivity contribution < 1.29 is 13.5 Å². The Kier molecular flexibility index (Phi) is 4.37. The summed E-state index contributed by atoms with van der Waals surface area (Å²) in [4.78, 5) is 0.575. The standard InChI is InChI=1S/C17H15N3O3S3/c21-16-14(25-17(24)20(16)13-6-7-26(22,23)10-13)8-12-9-18-19-15(12)11-4-2-1-3-5-11/h1-5,8-9,13,21H,6-7,10H2/b12-8+/t13-/m1/s1. The second-order valence-electron chi connectivity index (χ2n) is 6.14. The minimum atomic E-state index is -3.06. The summed E-state index contributed by atoms with van der Waals surface area (Å²) < 4.78 is 25.5. The molecular formula is C17H15N3O3S3. The monoisotopic (exact) mass is 405 g/mol. The maximum atomic E-state index is 11.8. The molecule has 0 amide bonds. The summed E-state index contributed by atoms with van der Waals surface area (Å²) in [5, 5.41) is 18.8. The van der Waals surface area contributed by atoms with Gasteiger partial charge < -0.3 is 5.11 Å². The number of aromatic nitrogens is 1. The summed E-state index contributed by atoms with van der Waals surface area (Å²) in [6, 6.07) is 9.35. The number of sulfone groups is 1. The van der Waals surface area contributed by atoms with Crippen LogP contribution in [0.3, 0.4) is 0 Å². The molecule has 0 radical (unpaired) electrons. The number of benzene rings is 1. The molecule has 2 aliphatic heterocycles. The molecule has 0 bridgehead atoms. The van der Waals surface area contributed by atoms with Gasteiger partial charge in [0.25, 0.3) is 0 Å². The van der Waals surface area contributed by atoms with Crippen LogP contribution in [0.15, 0.2) is 46.1 Å². The van der Waals surface area contributed by atoms with E-state index in [0.717, 1.165) is 16.8 Å². The molecule has 1 N–H and O–H groups in total. The molecule has 1 aromatic heterocycles. The van der Waals surface area contributed by atoms with Crippen molar-refractivity contribution in [2.24, 2.45) is 10.2 Å². The molecular weight excluding hydrogens is 390 g/mol. The van der Waals surface area contributed by atoms with Crippen molar-refractivity contribution in [2.75, 3.05) is 11.5 Å². The normalized spacial score (nSPS) is 22.8. The molecule has 3 heterocycles. The van der Waals surface area contributed by atoms with E-state index in [-0.39, 0.29) is 23.4 Å². The van der Waals surface area contributed by atoms with Gasteiger partial charge in [-0.15, -0.1) is 16.4 Å². The van der Waals surface area contributed by atoms with Gasteiger partial charge in [0.15, 0.2) is 13.8 Å². The first-order valence-corrected chi connectivity index (χ1v) is 11.0. The van der Waals surface area contributed by atoms with Gasteiger partial charge in [-0.25, -0.2) is 8.42 Å². The fraction of sp³-hybridized carbons (Fsp3) is 0.235. The number of aromatic hydroxyl groups is 1. The lowest BCUT2D eigenvalue weighted by Gasteiger charge is -2.11. The molecule has 26 heavy (non-hydrogen) atoms. The SMILES string of the molecule is O=S1(=O)CC[C@@H](n2c(O)c(/C=C3\C=NN=C3c3ccccc3)sc2=S)C1. The first-order chi connectivity index (χ1) is 12.4. The third-order valence-corrected chi connectivity index (χ3v) is 7.47. The van der Waals surface area contributed by atoms with E-state index < -0.39 is 9.84 Å². The van der Waals surface area contributed by atoms with Gasteiger partial charge in [-0.05, 0) is 24.7 Å². The van der Waals surface area contributed by atoms with E-state index in [0.29, 0.717) is 15.3 Å². The van der Waals surface area contributed by atoms with E-state index in [2.05, 4.69) is 10.2 Å². The molecule has 6 nitrogen and oxygen atoms in total. The third-order valence-electron chi connectivity index (χ3n) is 4.38. The summed E-state index contributed by atoms with van der Waals surface area (Å²) >= 11 is 6.62. The molecule has 1 saturated heterocycles. The average Bonchev–Trinajstić information content (AvgIpc) is 3.28. The molecule has 1 fully saturated rings. The Morgan fingerprint density at radius 1 is 1.31 bits per heavy atom. The quantitative estimate of drug-likeness (QED) is 0.795. The molecule has 2 aliphatic rings. The third kappa shape index (κ3) is 3.17. The van der Waals surface area contributed by atoms with Gasteiger partial charge in [0.05, 0.1) is 28.6 Å². The second-order valence-corrected chi connectivity index (χ2v) is 10.0. The minimum absolute atomic E-state index is 0.00214. The summed E-state index contributed by atoms with van der Waals surface area (Å²) in [6.07, 6.45) is 3.89. The van der Waals surface area contributed by atoms with E-state index in [9.17, 15) is 13.5 Å². The highest BCUT2D eigenvalue weighted by Gasteiger charge is 2.31. The zero-order valence-corrected chi connectivity index (χ0v) is 16.0. The second kappa shape index (κ2) is 6.57. The Hall–Kier alpha value is -2.10. The van der Waals surface area contributed by atoms with Crippen molar-refractivity contribution in [3.05, 3.63) is 50.3 Å². The predicted molar refractivity (Wildman–Crippen MR) is 107 cm³/mol. The fourth-order valence-corrected chi connectivity index (χ4v) is 6.23. The van der Waals surface area contributed by atoms with Crippen LogP contribution in [0.2, 0.25) is 0 Å². The summed E-state index contributed by atoms with van der Waals surface area (Å²) in [6.45, 7) is 0. The van der Waals surface area contributed by atoms with Crippen LogP contribution in [-0.2, 0) is 9.84 Å². The van der Waals surface area contributed by atoms with Crippen molar-refractivity contribution in [3.8, 4) is 5.88 Å². The van der Waals surface area contributed by atoms with Crippen molar-refractivity contribution in [1.29, 1.82) is 0 Å². The van der Waals surface area contributed by atoms with Gasteiger partial charge in [0.1, 0.15) is 5.71 Å². The van der Waals surface area contributed by atoms with Gasteiger partial charge in [0.2, 0.25) is 5.88 Å². The average molecular weight is 406 g/mol. The molecule has 0 saturated carbocycles. The van der Waals surface area contributed by atoms with Gasteiger partial charge in [-0.1, -0.05) is 30.3 Å². The summed E-state index contributed by atoms with van der Waals surface area (Å²) in [5.41, 5.74) is 2.42. The number of hydrogen-bond donors (Lipinski definition) is 1. The number of nitrogens with zero attached hydrogens (tertiary/aromatic N) is 3. The van der Waals surface area contributed by atoms with Crippen LogP contribution >= 0.6 is 23.6 Å². The highest BCUT2D eigenvalue weighted by atomic mass is 32.2. The van der Waals surface area contributed by atoms with E-state index in [1.807, 2.05) is 30.3 Å². The number of allylic oxidation sites excluding steroid dienone is 1. The van der Waals surface area contributed by atoms with Gasteiger partial charge in [-0.3, -0.25) is 4.57 Å². The van der Waals surface area contributed by atoms with Crippen LogP contribution in [0, 0.1) is 3.95 Å². The maximum Gasteiger partial charge on any atom is 0.210 e. The first-order valence-electron chi connectivity index (χ1n) is 7.98. The summed E-state index contributed by atoms with van der Waals surface area (Å²) in [7, 11) is -3.06. The first kappa shape index (κ1) is 17.3. The zero-order valence-electron chi connectivity index (χ0n) is 13.6. The van der Waals surface area contributed by atoms with Crippen LogP contribution in [0.1, 0.15) is 22.9 Å². The molecule has 1 atom stereocenters. The Morgan fingerprint density at radius 3 is 2.77 bits per heavy atom. The largest absolute Gasteiger partial charge is 0.493 e. The predicted octanol–water partition coefficient (Wildman–Crippen LogP) is 3.22. The lowest BCUT2D eigenvalue weighted by Crippen LogP contribution is -2.10. The van der Waals surface area contributed by atoms with Crippen LogP contribution in [-0.4, -0.2) is 41.5 Å². The van der Waals surface area contributed by atoms with Crippen LogP contribution in [0.25, 0.3) is 6.08 Å². The van der Waals surface area contributed by atoms with Crippen LogP contribution < -0.4 is 0 Å². The topological polar surface area (TPSA) is 84.0 Å². The van der Waals surface area contributed by atoms with Crippen molar-refractivity contribution in [2.45, 2.75) is 12.5 Å². The van der Waals surface area contributed by atoms with Crippen molar-refractivity contribution in [3.63, 3.8) is 0 Å². The molecule has 2 aromatic rings.